The minimum absolute atomic E-state index is 0.0306. The van der Waals surface area contributed by atoms with Gasteiger partial charge < -0.3 is 24.1 Å². The van der Waals surface area contributed by atoms with Gasteiger partial charge in [0, 0.05) is 47.8 Å². The molecular weight excluding hydrogens is 453 g/mol. The Bertz CT molecular complexity index is 1470. The topological polar surface area (TPSA) is 92.8 Å². The second kappa shape index (κ2) is 8.09. The third kappa shape index (κ3) is 3.61. The van der Waals surface area contributed by atoms with Crippen molar-refractivity contribution in [1.29, 1.82) is 0 Å². The van der Waals surface area contributed by atoms with Crippen LogP contribution in [0.3, 0.4) is 0 Å². The molecule has 4 aromatic rings. The van der Waals surface area contributed by atoms with Crippen molar-refractivity contribution >= 4 is 27.9 Å². The zero-order valence-corrected chi connectivity index (χ0v) is 19.5. The molecule has 2 aliphatic heterocycles. The summed E-state index contributed by atoms with van der Waals surface area (Å²) in [5.74, 6) is 0.253. The maximum absolute atomic E-state index is 15.1. The zero-order valence-electron chi connectivity index (χ0n) is 19.5. The molecule has 9 nitrogen and oxygen atoms in total. The van der Waals surface area contributed by atoms with Gasteiger partial charge in [-0.15, -0.1) is 0 Å². The van der Waals surface area contributed by atoms with E-state index in [-0.39, 0.29) is 23.4 Å². The molecule has 0 saturated carbocycles. The lowest BCUT2D eigenvalue weighted by molar-refractivity contribution is 0.117. The number of aromatic nitrogens is 3. The van der Waals surface area contributed by atoms with Crippen molar-refractivity contribution in [2.24, 2.45) is 0 Å². The molecule has 2 atom stereocenters. The number of fused-ring (bicyclic) bond motifs is 4. The molecule has 0 unspecified atom stereocenters. The van der Waals surface area contributed by atoms with E-state index in [0.29, 0.717) is 40.1 Å². The van der Waals surface area contributed by atoms with E-state index in [2.05, 4.69) is 26.9 Å². The molecule has 4 heterocycles. The zero-order chi connectivity index (χ0) is 24.3. The first-order chi connectivity index (χ1) is 16.9. The summed E-state index contributed by atoms with van der Waals surface area (Å²) >= 11 is 0. The molecule has 2 fully saturated rings. The average molecular weight is 477 g/mol. The SMILES string of the molecule is COc1cc2ncnc(Oc3ccc4[nH]c(C)cc4c3F)c2cc1OC(=O)N1C[C@H]2C[C@@H]1CN2C. The Balaban J connectivity index is 1.34. The maximum atomic E-state index is 15.1. The van der Waals surface area contributed by atoms with Crippen LogP contribution in [0.4, 0.5) is 9.18 Å². The van der Waals surface area contributed by atoms with Gasteiger partial charge in [-0.25, -0.2) is 19.2 Å². The van der Waals surface area contributed by atoms with E-state index in [1.165, 1.54) is 13.4 Å². The van der Waals surface area contributed by atoms with Crippen molar-refractivity contribution in [3.8, 4) is 23.1 Å². The fourth-order valence-corrected chi connectivity index (χ4v) is 5.07. The molecule has 1 amide bonds. The molecule has 2 aromatic heterocycles. The molecule has 10 heteroatoms. The number of piperazine rings is 1. The predicted molar refractivity (Wildman–Crippen MR) is 127 cm³/mol. The molecule has 2 saturated heterocycles. The molecule has 0 aliphatic carbocycles. The minimum Gasteiger partial charge on any atom is -0.493 e. The maximum Gasteiger partial charge on any atom is 0.415 e. The summed E-state index contributed by atoms with van der Waals surface area (Å²) in [4.78, 5) is 28.6. The number of likely N-dealkylation sites (tertiary alicyclic amines) is 2. The Hall–Kier alpha value is -3.92. The van der Waals surface area contributed by atoms with Crippen molar-refractivity contribution in [2.75, 3.05) is 27.2 Å². The molecule has 2 aromatic carbocycles. The van der Waals surface area contributed by atoms with Gasteiger partial charge in [-0.3, -0.25) is 4.90 Å². The van der Waals surface area contributed by atoms with E-state index in [1.54, 1.807) is 35.2 Å². The second-order valence-corrected chi connectivity index (χ2v) is 9.10. The third-order valence-corrected chi connectivity index (χ3v) is 6.87. The number of hydrogen-bond donors (Lipinski definition) is 1. The monoisotopic (exact) mass is 477 g/mol. The summed E-state index contributed by atoms with van der Waals surface area (Å²) in [7, 11) is 3.56. The molecule has 6 rings (SSSR count). The lowest BCUT2D eigenvalue weighted by Crippen LogP contribution is -2.48. The molecule has 0 spiro atoms. The van der Waals surface area contributed by atoms with Crippen LogP contribution in [0.25, 0.3) is 21.8 Å². The number of likely N-dealkylation sites (N-methyl/N-ethyl adjacent to an activating group) is 1. The summed E-state index contributed by atoms with van der Waals surface area (Å²) in [6, 6.07) is 8.76. The third-order valence-electron chi connectivity index (χ3n) is 6.87. The summed E-state index contributed by atoms with van der Waals surface area (Å²) in [6.07, 6.45) is 1.85. The second-order valence-electron chi connectivity index (χ2n) is 9.10. The number of hydrogen-bond acceptors (Lipinski definition) is 7. The Morgan fingerprint density at radius 3 is 2.69 bits per heavy atom. The van der Waals surface area contributed by atoms with Crippen LogP contribution in [0, 0.1) is 12.7 Å². The number of carbonyl (C=O) groups is 1. The number of nitrogens with zero attached hydrogens (tertiary/aromatic N) is 4. The van der Waals surface area contributed by atoms with Gasteiger partial charge >= 0.3 is 6.09 Å². The first-order valence-electron chi connectivity index (χ1n) is 11.4. The number of halogens is 1. The number of nitrogens with one attached hydrogen (secondary N) is 1. The first-order valence-corrected chi connectivity index (χ1v) is 11.4. The quantitative estimate of drug-likeness (QED) is 0.470. The summed E-state index contributed by atoms with van der Waals surface area (Å²) < 4.78 is 32.2. The highest BCUT2D eigenvalue weighted by atomic mass is 19.1. The standard InChI is InChI=1S/C25H24FN5O4/c1-13-6-16-18(29-13)4-5-20(23(16)26)34-24-17-8-22(21(33-3)9-19(17)27-12-28-24)35-25(32)31-11-14-7-15(31)10-30(14)2/h4-6,8-9,12,14-15,29H,7,10-11H2,1-3H3/t14-,15-/m1/s1. The molecular formula is C25H24FN5O4. The summed E-state index contributed by atoms with van der Waals surface area (Å²) in [6.45, 7) is 3.32. The van der Waals surface area contributed by atoms with Gasteiger partial charge in [0.05, 0.1) is 18.0 Å². The minimum atomic E-state index is -0.493. The molecule has 0 radical (unpaired) electrons. The number of carbonyl (C=O) groups excluding carboxylic acids is 1. The van der Waals surface area contributed by atoms with Crippen molar-refractivity contribution in [3.63, 3.8) is 0 Å². The first kappa shape index (κ1) is 21.6. The average Bonchev–Trinajstić information content (AvgIpc) is 3.54. The van der Waals surface area contributed by atoms with E-state index in [9.17, 15) is 4.79 Å². The van der Waals surface area contributed by atoms with E-state index in [1.807, 2.05) is 6.92 Å². The van der Waals surface area contributed by atoms with Gasteiger partial charge in [0.15, 0.2) is 23.1 Å². The largest absolute Gasteiger partial charge is 0.493 e. The van der Waals surface area contributed by atoms with Gasteiger partial charge in [-0.05, 0) is 44.7 Å². The Morgan fingerprint density at radius 2 is 1.94 bits per heavy atom. The van der Waals surface area contributed by atoms with Gasteiger partial charge in [0.1, 0.15) is 6.33 Å². The fraction of sp³-hybridized carbons (Fsp3) is 0.320. The van der Waals surface area contributed by atoms with Crippen LogP contribution in [0.5, 0.6) is 23.1 Å². The van der Waals surface area contributed by atoms with Crippen molar-refractivity contribution in [3.05, 3.63) is 48.2 Å². The normalized spacial score (nSPS) is 19.6. The fourth-order valence-electron chi connectivity index (χ4n) is 5.07. The van der Waals surface area contributed by atoms with Crippen LogP contribution < -0.4 is 14.2 Å². The van der Waals surface area contributed by atoms with Crippen LogP contribution in [-0.2, 0) is 0 Å². The van der Waals surface area contributed by atoms with Gasteiger partial charge in [-0.1, -0.05) is 0 Å². The van der Waals surface area contributed by atoms with E-state index >= 15 is 4.39 Å². The Labute approximate surface area is 200 Å². The highest BCUT2D eigenvalue weighted by molar-refractivity contribution is 5.88. The number of benzene rings is 2. The summed E-state index contributed by atoms with van der Waals surface area (Å²) in [5.41, 5.74) is 2.04. The van der Waals surface area contributed by atoms with Crippen molar-refractivity contribution in [1.82, 2.24) is 24.8 Å². The lowest BCUT2D eigenvalue weighted by Gasteiger charge is -2.31. The number of H-pyrrole nitrogens is 1. The van der Waals surface area contributed by atoms with Crippen LogP contribution in [-0.4, -0.2) is 70.2 Å². The molecule has 2 bridgehead atoms. The number of methoxy groups -OCH3 is 1. The van der Waals surface area contributed by atoms with Crippen LogP contribution in [0.1, 0.15) is 12.1 Å². The summed E-state index contributed by atoms with van der Waals surface area (Å²) in [5, 5.41) is 0.892. The van der Waals surface area contributed by atoms with E-state index in [4.69, 9.17) is 14.2 Å². The molecule has 35 heavy (non-hydrogen) atoms. The Kier molecular flexibility index (Phi) is 4.99. The molecule has 1 N–H and O–H groups in total. The number of ether oxygens (including phenoxy) is 3. The number of amides is 1. The van der Waals surface area contributed by atoms with Gasteiger partial charge in [0.2, 0.25) is 5.88 Å². The van der Waals surface area contributed by atoms with Crippen LogP contribution in [0.15, 0.2) is 36.7 Å². The highest BCUT2D eigenvalue weighted by Gasteiger charge is 2.44. The predicted octanol–water partition coefficient (Wildman–Crippen LogP) is 4.25. The number of aryl methyl sites for hydroxylation is 1. The van der Waals surface area contributed by atoms with E-state index < -0.39 is 11.9 Å². The highest BCUT2D eigenvalue weighted by Crippen LogP contribution is 2.38. The van der Waals surface area contributed by atoms with Crippen molar-refractivity contribution in [2.45, 2.75) is 25.4 Å². The van der Waals surface area contributed by atoms with Crippen molar-refractivity contribution < 1.29 is 23.4 Å². The van der Waals surface area contributed by atoms with Crippen LogP contribution >= 0.6 is 0 Å². The van der Waals surface area contributed by atoms with Crippen LogP contribution in [0.2, 0.25) is 0 Å². The lowest BCUT2D eigenvalue weighted by atomic mass is 10.2. The molecule has 2 aliphatic rings. The smallest absolute Gasteiger partial charge is 0.415 e. The van der Waals surface area contributed by atoms with Gasteiger partial charge in [0.25, 0.3) is 0 Å². The molecule has 180 valence electrons. The van der Waals surface area contributed by atoms with E-state index in [0.717, 1.165) is 18.7 Å². The van der Waals surface area contributed by atoms with Gasteiger partial charge in [-0.2, -0.15) is 0 Å². The number of rotatable bonds is 4. The number of aromatic amines is 1. The Morgan fingerprint density at radius 1 is 1.09 bits per heavy atom.